The first kappa shape index (κ1) is 17.2. The van der Waals surface area contributed by atoms with E-state index in [0.717, 1.165) is 16.7 Å². The summed E-state index contributed by atoms with van der Waals surface area (Å²) in [7, 11) is -3.59. The van der Waals surface area contributed by atoms with Gasteiger partial charge in [-0.15, -0.1) is 0 Å². The topological polar surface area (TPSA) is 75.3 Å². The van der Waals surface area contributed by atoms with Gasteiger partial charge in [-0.25, -0.2) is 13.1 Å². The molecule has 0 unspecified atom stereocenters. The van der Waals surface area contributed by atoms with Crippen molar-refractivity contribution < 1.29 is 13.2 Å². The van der Waals surface area contributed by atoms with Crippen LogP contribution in [0, 0.1) is 13.8 Å². The van der Waals surface area contributed by atoms with E-state index in [1.807, 2.05) is 32.0 Å². The van der Waals surface area contributed by atoms with Crippen molar-refractivity contribution in [2.45, 2.75) is 32.2 Å². The van der Waals surface area contributed by atoms with Gasteiger partial charge in [0.1, 0.15) is 0 Å². The summed E-state index contributed by atoms with van der Waals surface area (Å²) in [5.74, 6) is -0.200. The van der Waals surface area contributed by atoms with Gasteiger partial charge in [0.15, 0.2) is 0 Å². The summed E-state index contributed by atoms with van der Waals surface area (Å²) in [6, 6.07) is 12.0. The van der Waals surface area contributed by atoms with Gasteiger partial charge in [0.05, 0.1) is 4.90 Å². The van der Waals surface area contributed by atoms with Crippen LogP contribution in [0.2, 0.25) is 0 Å². The normalized spacial score (nSPS) is 11.3. The number of aryl methyl sites for hydroxylation is 2. The number of carbonyl (C=O) groups is 1. The monoisotopic (exact) mass is 332 g/mol. The molecule has 0 bridgehead atoms. The number of hydrogen-bond acceptors (Lipinski definition) is 3. The Morgan fingerprint density at radius 3 is 2.09 bits per heavy atom. The predicted octanol–water partition coefficient (Wildman–Crippen LogP) is 2.74. The average Bonchev–Trinajstić information content (AvgIpc) is 2.44. The molecule has 0 saturated carbocycles. The number of amides is 1. The molecule has 0 radical (unpaired) electrons. The van der Waals surface area contributed by atoms with E-state index in [4.69, 9.17) is 0 Å². The summed E-state index contributed by atoms with van der Waals surface area (Å²) in [4.78, 5) is 11.1. The lowest BCUT2D eigenvalue weighted by molar-refractivity contribution is -0.114. The highest BCUT2D eigenvalue weighted by atomic mass is 32.2. The first-order chi connectivity index (χ1) is 10.8. The molecule has 0 spiro atoms. The highest BCUT2D eigenvalue weighted by molar-refractivity contribution is 7.89. The first-order valence-corrected chi connectivity index (χ1v) is 8.69. The lowest BCUT2D eigenvalue weighted by Crippen LogP contribution is -2.23. The molecule has 2 N–H and O–H groups in total. The zero-order valence-corrected chi connectivity index (χ0v) is 14.2. The Morgan fingerprint density at radius 1 is 1.00 bits per heavy atom. The second-order valence-electron chi connectivity index (χ2n) is 5.53. The molecule has 5 nitrogen and oxygen atoms in total. The minimum atomic E-state index is -3.59. The van der Waals surface area contributed by atoms with Crippen molar-refractivity contribution in [1.82, 2.24) is 4.72 Å². The number of benzene rings is 2. The predicted molar refractivity (Wildman–Crippen MR) is 90.7 cm³/mol. The highest BCUT2D eigenvalue weighted by Gasteiger charge is 2.13. The van der Waals surface area contributed by atoms with E-state index in [1.54, 1.807) is 12.1 Å². The minimum absolute atomic E-state index is 0.163. The van der Waals surface area contributed by atoms with Gasteiger partial charge >= 0.3 is 0 Å². The van der Waals surface area contributed by atoms with Gasteiger partial charge in [0, 0.05) is 19.2 Å². The molecule has 2 aromatic carbocycles. The molecule has 122 valence electrons. The second kappa shape index (κ2) is 6.93. The zero-order chi connectivity index (χ0) is 17.0. The van der Waals surface area contributed by atoms with Crippen molar-refractivity contribution in [3.63, 3.8) is 0 Å². The lowest BCUT2D eigenvalue weighted by atomic mass is 10.1. The van der Waals surface area contributed by atoms with E-state index in [-0.39, 0.29) is 17.3 Å². The van der Waals surface area contributed by atoms with Gasteiger partial charge in [-0.3, -0.25) is 4.79 Å². The van der Waals surface area contributed by atoms with E-state index in [2.05, 4.69) is 10.0 Å². The molecule has 6 heteroatoms. The summed E-state index contributed by atoms with van der Waals surface area (Å²) in [6.45, 7) is 5.59. The summed E-state index contributed by atoms with van der Waals surface area (Å²) in [6.07, 6.45) is 0. The molecule has 2 aromatic rings. The van der Waals surface area contributed by atoms with Crippen LogP contribution in [0.15, 0.2) is 47.4 Å². The van der Waals surface area contributed by atoms with Crippen molar-refractivity contribution >= 4 is 21.6 Å². The first-order valence-electron chi connectivity index (χ1n) is 7.21. The lowest BCUT2D eigenvalue weighted by Gasteiger charge is -2.09. The average molecular weight is 332 g/mol. The minimum Gasteiger partial charge on any atom is -0.326 e. The third-order valence-corrected chi connectivity index (χ3v) is 4.65. The maximum absolute atomic E-state index is 12.3. The van der Waals surface area contributed by atoms with Crippen molar-refractivity contribution in [1.29, 1.82) is 0 Å². The van der Waals surface area contributed by atoms with E-state index >= 15 is 0 Å². The van der Waals surface area contributed by atoms with Crippen molar-refractivity contribution in [2.24, 2.45) is 0 Å². The fourth-order valence-electron chi connectivity index (χ4n) is 2.35. The van der Waals surface area contributed by atoms with Crippen LogP contribution in [0.1, 0.15) is 23.6 Å². The molecule has 0 aliphatic rings. The Balaban J connectivity index is 2.10. The van der Waals surface area contributed by atoms with Gasteiger partial charge in [-0.1, -0.05) is 29.3 Å². The smallest absolute Gasteiger partial charge is 0.240 e. The zero-order valence-electron chi connectivity index (χ0n) is 13.4. The van der Waals surface area contributed by atoms with Crippen molar-refractivity contribution in [3.8, 4) is 0 Å². The van der Waals surface area contributed by atoms with Crippen LogP contribution in [-0.2, 0) is 21.4 Å². The largest absolute Gasteiger partial charge is 0.326 e. The van der Waals surface area contributed by atoms with Gasteiger partial charge in [-0.2, -0.15) is 0 Å². The Morgan fingerprint density at radius 2 is 1.57 bits per heavy atom. The molecule has 2 rings (SSSR count). The highest BCUT2D eigenvalue weighted by Crippen LogP contribution is 2.15. The molecule has 0 heterocycles. The molecule has 0 aromatic heterocycles. The summed E-state index contributed by atoms with van der Waals surface area (Å²) in [5, 5.41) is 2.60. The standard InChI is InChI=1S/C17H20N2O3S/c1-12-8-13(2)10-15(9-12)11-18-23(21,22)17-6-4-16(5-7-17)19-14(3)20/h4-10,18H,11H2,1-3H3,(H,19,20). The van der Waals surface area contributed by atoms with Crippen LogP contribution in [0.4, 0.5) is 5.69 Å². The van der Waals surface area contributed by atoms with Crippen LogP contribution in [-0.4, -0.2) is 14.3 Å². The number of sulfonamides is 1. The SMILES string of the molecule is CC(=O)Nc1ccc(S(=O)(=O)NCc2cc(C)cc(C)c2)cc1. The summed E-state index contributed by atoms with van der Waals surface area (Å²) in [5.41, 5.74) is 3.67. The number of carbonyl (C=O) groups excluding carboxylic acids is 1. The fourth-order valence-corrected chi connectivity index (χ4v) is 3.37. The Labute approximate surface area is 136 Å². The molecule has 0 saturated heterocycles. The summed E-state index contributed by atoms with van der Waals surface area (Å²) >= 11 is 0. The number of anilines is 1. The van der Waals surface area contributed by atoms with E-state index < -0.39 is 10.0 Å². The van der Waals surface area contributed by atoms with Crippen LogP contribution >= 0.6 is 0 Å². The number of nitrogens with one attached hydrogen (secondary N) is 2. The molecule has 1 amide bonds. The molecular formula is C17H20N2O3S. The van der Waals surface area contributed by atoms with Crippen molar-refractivity contribution in [3.05, 3.63) is 59.2 Å². The molecule has 0 aliphatic heterocycles. The van der Waals surface area contributed by atoms with Crippen LogP contribution in [0.5, 0.6) is 0 Å². The molecule has 23 heavy (non-hydrogen) atoms. The van der Waals surface area contributed by atoms with E-state index in [0.29, 0.717) is 5.69 Å². The third-order valence-electron chi connectivity index (χ3n) is 3.23. The van der Waals surface area contributed by atoms with Crippen LogP contribution < -0.4 is 10.0 Å². The van der Waals surface area contributed by atoms with E-state index in [1.165, 1.54) is 19.1 Å². The molecule has 0 atom stereocenters. The summed E-state index contributed by atoms with van der Waals surface area (Å²) < 4.78 is 27.2. The van der Waals surface area contributed by atoms with Gasteiger partial charge in [-0.05, 0) is 43.7 Å². The quantitative estimate of drug-likeness (QED) is 0.884. The van der Waals surface area contributed by atoms with Gasteiger partial charge < -0.3 is 5.32 Å². The Hall–Kier alpha value is -2.18. The second-order valence-corrected chi connectivity index (χ2v) is 7.29. The fraction of sp³-hybridized carbons (Fsp3) is 0.235. The molecule has 0 aliphatic carbocycles. The van der Waals surface area contributed by atoms with Gasteiger partial charge in [0.25, 0.3) is 0 Å². The maximum Gasteiger partial charge on any atom is 0.240 e. The van der Waals surface area contributed by atoms with Gasteiger partial charge in [0.2, 0.25) is 15.9 Å². The molecular weight excluding hydrogens is 312 g/mol. The maximum atomic E-state index is 12.3. The Bertz CT molecular complexity index is 792. The number of rotatable bonds is 5. The molecule has 0 fully saturated rings. The van der Waals surface area contributed by atoms with E-state index in [9.17, 15) is 13.2 Å². The third kappa shape index (κ3) is 4.91. The Kier molecular flexibility index (Phi) is 5.18. The van der Waals surface area contributed by atoms with Crippen molar-refractivity contribution in [2.75, 3.05) is 5.32 Å². The van der Waals surface area contributed by atoms with Crippen LogP contribution in [0.25, 0.3) is 0 Å². The number of hydrogen-bond donors (Lipinski definition) is 2. The van der Waals surface area contributed by atoms with Crippen LogP contribution in [0.3, 0.4) is 0 Å².